The average molecular weight is 969 g/mol. The van der Waals surface area contributed by atoms with Gasteiger partial charge in [0, 0.05) is 6.92 Å². The first-order valence-electron chi connectivity index (χ1n) is 24.9. The Morgan fingerprint density at radius 3 is 1.12 bits per heavy atom. The second-order valence-corrected chi connectivity index (χ2v) is 17.3. The molecule has 0 aromatic carbocycles. The first kappa shape index (κ1) is 63.8. The summed E-state index contributed by atoms with van der Waals surface area (Å²) < 4.78 is 32.8. The lowest BCUT2D eigenvalue weighted by atomic mass is 10.0. The second-order valence-electron chi connectivity index (χ2n) is 17.3. The van der Waals surface area contributed by atoms with Crippen LogP contribution in [-0.4, -0.2) is 157 Å². The lowest BCUT2D eigenvalue weighted by Gasteiger charge is -2.24. The summed E-state index contributed by atoms with van der Waals surface area (Å²) in [5.74, 6) is -3.42. The Morgan fingerprint density at radius 2 is 0.794 bits per heavy atom. The largest absolute Gasteiger partial charge is 0.461 e. The molecule has 0 bridgehead atoms. The number of aliphatic hydroxyl groups is 3. The fourth-order valence-corrected chi connectivity index (χ4v) is 6.61. The van der Waals surface area contributed by atoms with Crippen molar-refractivity contribution in [1.29, 1.82) is 0 Å². The minimum absolute atomic E-state index is 0.0958. The van der Waals surface area contributed by atoms with Crippen molar-refractivity contribution in [3.05, 3.63) is 36.5 Å². The molecular weight excluding hydrogens is 881 g/mol. The molecule has 68 heavy (non-hydrogen) atoms. The quantitative estimate of drug-likeness (QED) is 0.0258. The Labute approximate surface area is 406 Å². The molecule has 0 aliphatic carbocycles. The van der Waals surface area contributed by atoms with Gasteiger partial charge < -0.3 is 43.7 Å². The summed E-state index contributed by atoms with van der Waals surface area (Å²) in [7, 11) is 3.60. The number of ether oxygens (including phenoxy) is 6. The number of aliphatic hydroxyl groups excluding tert-OH is 3. The van der Waals surface area contributed by atoms with Gasteiger partial charge in [-0.05, 0) is 85.0 Å². The molecule has 0 aromatic heterocycles. The van der Waals surface area contributed by atoms with Gasteiger partial charge in [-0.1, -0.05) is 110 Å². The molecule has 7 unspecified atom stereocenters. The maximum absolute atomic E-state index is 13.0. The van der Waals surface area contributed by atoms with Crippen LogP contribution in [0.1, 0.15) is 157 Å². The smallest absolute Gasteiger partial charge is 0.320 e. The lowest BCUT2D eigenvalue weighted by Crippen LogP contribution is -2.35. The van der Waals surface area contributed by atoms with Crippen molar-refractivity contribution in [3.8, 4) is 0 Å². The van der Waals surface area contributed by atoms with Crippen LogP contribution in [0.15, 0.2) is 36.5 Å². The summed E-state index contributed by atoms with van der Waals surface area (Å²) in [6, 6.07) is 0. The van der Waals surface area contributed by atoms with Crippen molar-refractivity contribution in [2.75, 3.05) is 53.5 Å². The molecule has 392 valence electrons. The zero-order chi connectivity index (χ0) is 51.1. The topological polar surface area (TPSA) is 225 Å². The van der Waals surface area contributed by atoms with Gasteiger partial charge in [0.25, 0.3) is 0 Å². The number of likely N-dealkylation sites (N-methyl/N-ethyl adjacent to an activating group) is 2. The highest BCUT2D eigenvalue weighted by atomic mass is 16.6. The third-order valence-electron chi connectivity index (χ3n) is 11.0. The van der Waals surface area contributed by atoms with Gasteiger partial charge in [0.2, 0.25) is 0 Å². The summed E-state index contributed by atoms with van der Waals surface area (Å²) in [6.07, 6.45) is 12.4. The zero-order valence-corrected chi connectivity index (χ0v) is 42.6. The predicted octanol–water partition coefficient (Wildman–Crippen LogP) is 6.48. The van der Waals surface area contributed by atoms with Crippen molar-refractivity contribution >= 4 is 35.8 Å². The Balaban J connectivity index is 5.66. The number of hydrogen-bond donors (Lipinski definition) is 3. The Kier molecular flexibility index (Phi) is 38.2. The van der Waals surface area contributed by atoms with E-state index in [1.165, 1.54) is 25.2 Å². The molecule has 3 N–H and O–H groups in total. The van der Waals surface area contributed by atoms with E-state index in [4.69, 9.17) is 28.4 Å². The number of hydrogen-bond acceptors (Lipinski definition) is 17. The van der Waals surface area contributed by atoms with Gasteiger partial charge >= 0.3 is 35.8 Å². The third kappa shape index (κ3) is 34.2. The van der Waals surface area contributed by atoms with Gasteiger partial charge in [-0.15, -0.1) is 0 Å². The molecule has 0 saturated carbocycles. The van der Waals surface area contributed by atoms with Crippen molar-refractivity contribution in [1.82, 2.24) is 9.80 Å². The SMILES string of the molecule is CCCCCC(OC(C)=O)C(O)CC=CCC(=O)OCC(COC(=O)CC=CCC(O)C(CCCCC)OC(=O)CN(C)CC)OC(=O)CC=CCC(O)C(CCCCC)OC(=O)CN(C)CC. The van der Waals surface area contributed by atoms with Crippen LogP contribution >= 0.6 is 0 Å². The summed E-state index contributed by atoms with van der Waals surface area (Å²) >= 11 is 0. The molecular formula is C51H88N2O15. The predicted molar refractivity (Wildman–Crippen MR) is 259 cm³/mol. The maximum Gasteiger partial charge on any atom is 0.320 e. The van der Waals surface area contributed by atoms with Crippen LogP contribution in [0.3, 0.4) is 0 Å². The molecule has 0 amide bonds. The van der Waals surface area contributed by atoms with Crippen LogP contribution in [0.5, 0.6) is 0 Å². The summed E-state index contributed by atoms with van der Waals surface area (Å²) in [6.45, 7) is 11.9. The number of unbranched alkanes of at least 4 members (excludes halogenated alkanes) is 6. The number of esters is 6. The first-order valence-corrected chi connectivity index (χ1v) is 24.9. The molecule has 0 aromatic rings. The maximum atomic E-state index is 13.0. The van der Waals surface area contributed by atoms with E-state index >= 15 is 0 Å². The molecule has 7 atom stereocenters. The molecule has 0 fully saturated rings. The van der Waals surface area contributed by atoms with E-state index in [0.717, 1.165) is 57.8 Å². The van der Waals surface area contributed by atoms with E-state index in [2.05, 4.69) is 13.8 Å². The molecule has 17 nitrogen and oxygen atoms in total. The fraction of sp³-hybridized carbons (Fsp3) is 0.765. The second kappa shape index (κ2) is 40.7. The molecule has 0 aliphatic rings. The van der Waals surface area contributed by atoms with Gasteiger partial charge in [0.05, 0.1) is 50.7 Å². The fourth-order valence-electron chi connectivity index (χ4n) is 6.61. The molecule has 17 heteroatoms. The summed E-state index contributed by atoms with van der Waals surface area (Å²) in [4.78, 5) is 78.6. The molecule has 0 radical (unpaired) electrons. The van der Waals surface area contributed by atoms with Crippen molar-refractivity contribution in [2.24, 2.45) is 0 Å². The standard InChI is InChI=1S/C51H88N2O15/c1-9-14-17-29-44(65-39(6)54)41(55)26-20-23-32-47(58)63-37-40(66-49(60)34-25-22-28-43(57)46(31-19-16-11-3)68-51(62)36-53(8)13-5)38-64-48(59)33-24-21-27-42(56)45(30-18-15-10-2)67-50(61)35-52(7)12-4/h20-25,40-46,55-57H,9-19,26-38H2,1-8H3. The Hall–Kier alpha value is -4.16. The molecule has 0 saturated heterocycles. The van der Waals surface area contributed by atoms with Crippen molar-refractivity contribution in [3.63, 3.8) is 0 Å². The molecule has 0 spiro atoms. The van der Waals surface area contributed by atoms with Crippen LogP contribution in [0.25, 0.3) is 0 Å². The van der Waals surface area contributed by atoms with E-state index in [1.807, 2.05) is 20.8 Å². The molecule has 0 rings (SSSR count). The van der Waals surface area contributed by atoms with E-state index in [-0.39, 0.29) is 51.6 Å². The number of rotatable bonds is 41. The van der Waals surface area contributed by atoms with Crippen LogP contribution in [0.4, 0.5) is 0 Å². The number of nitrogens with zero attached hydrogens (tertiary/aromatic N) is 2. The Bertz CT molecular complexity index is 1490. The van der Waals surface area contributed by atoms with Gasteiger partial charge in [-0.2, -0.15) is 0 Å². The van der Waals surface area contributed by atoms with Crippen molar-refractivity contribution < 1.29 is 72.5 Å². The minimum atomic E-state index is -1.17. The highest BCUT2D eigenvalue weighted by molar-refractivity contribution is 5.73. The van der Waals surface area contributed by atoms with E-state index < -0.39 is 91.8 Å². The summed E-state index contributed by atoms with van der Waals surface area (Å²) in [5.41, 5.74) is 0. The van der Waals surface area contributed by atoms with E-state index in [1.54, 1.807) is 42.1 Å². The monoisotopic (exact) mass is 969 g/mol. The van der Waals surface area contributed by atoms with Crippen LogP contribution in [0, 0.1) is 0 Å². The zero-order valence-electron chi connectivity index (χ0n) is 42.6. The lowest BCUT2D eigenvalue weighted by molar-refractivity contribution is -0.165. The van der Waals surface area contributed by atoms with Gasteiger partial charge in [-0.3, -0.25) is 38.6 Å². The van der Waals surface area contributed by atoms with Crippen molar-refractivity contribution in [2.45, 2.75) is 200 Å². The number of carbonyl (C=O) groups is 6. The normalized spacial score (nSPS) is 15.0. The van der Waals surface area contributed by atoms with Gasteiger partial charge in [-0.25, -0.2) is 0 Å². The highest BCUT2D eigenvalue weighted by Gasteiger charge is 2.25. The minimum Gasteiger partial charge on any atom is -0.461 e. The third-order valence-corrected chi connectivity index (χ3v) is 11.0. The van der Waals surface area contributed by atoms with E-state index in [0.29, 0.717) is 32.4 Å². The molecule has 0 aliphatic heterocycles. The van der Waals surface area contributed by atoms with Gasteiger partial charge in [0.15, 0.2) is 6.10 Å². The van der Waals surface area contributed by atoms with Crippen LogP contribution < -0.4 is 0 Å². The average Bonchev–Trinajstić information content (AvgIpc) is 3.30. The Morgan fingerprint density at radius 1 is 0.456 bits per heavy atom. The first-order chi connectivity index (χ1) is 32.5. The van der Waals surface area contributed by atoms with Gasteiger partial charge in [0.1, 0.15) is 31.5 Å². The summed E-state index contributed by atoms with van der Waals surface area (Å²) in [5, 5.41) is 32.4. The number of carbonyl (C=O) groups excluding carboxylic acids is 6. The van der Waals surface area contributed by atoms with Crippen LogP contribution in [0.2, 0.25) is 0 Å². The van der Waals surface area contributed by atoms with Crippen LogP contribution in [-0.2, 0) is 57.2 Å². The van der Waals surface area contributed by atoms with E-state index in [9.17, 15) is 44.1 Å². The highest BCUT2D eigenvalue weighted by Crippen LogP contribution is 2.17. The molecule has 0 heterocycles.